The standard InChI is InChI=1S/C12H19N3O2/c1-12(2,15-7-3-4-8-15)11(16)13-9-10-5-6-14-17-10/h5-6H,3-4,7-9H2,1-2H3,(H,13,16). The number of carbonyl (C=O) groups is 1. The molecule has 1 aromatic heterocycles. The Balaban J connectivity index is 1.89. The van der Waals surface area contributed by atoms with Gasteiger partial charge < -0.3 is 9.84 Å². The monoisotopic (exact) mass is 237 g/mol. The molecule has 1 aromatic rings. The lowest BCUT2D eigenvalue weighted by molar-refractivity contribution is -0.131. The fourth-order valence-electron chi connectivity index (χ4n) is 2.14. The summed E-state index contributed by atoms with van der Waals surface area (Å²) in [5.41, 5.74) is -0.448. The molecular formula is C12H19N3O2. The van der Waals surface area contributed by atoms with E-state index in [9.17, 15) is 4.79 Å². The van der Waals surface area contributed by atoms with Crippen LogP contribution in [-0.2, 0) is 11.3 Å². The quantitative estimate of drug-likeness (QED) is 0.854. The second-order valence-electron chi connectivity index (χ2n) is 4.91. The summed E-state index contributed by atoms with van der Waals surface area (Å²) in [4.78, 5) is 14.4. The largest absolute Gasteiger partial charge is 0.360 e. The van der Waals surface area contributed by atoms with Gasteiger partial charge in [-0.2, -0.15) is 0 Å². The van der Waals surface area contributed by atoms with Crippen LogP contribution in [0.3, 0.4) is 0 Å². The zero-order valence-corrected chi connectivity index (χ0v) is 10.4. The molecule has 0 spiro atoms. The van der Waals surface area contributed by atoms with Gasteiger partial charge in [-0.25, -0.2) is 0 Å². The van der Waals surface area contributed by atoms with Gasteiger partial charge in [0, 0.05) is 6.07 Å². The third-order valence-electron chi connectivity index (χ3n) is 3.37. The fourth-order valence-corrected chi connectivity index (χ4v) is 2.14. The van der Waals surface area contributed by atoms with E-state index in [1.807, 2.05) is 13.8 Å². The first-order chi connectivity index (χ1) is 8.10. The van der Waals surface area contributed by atoms with Crippen molar-refractivity contribution in [3.63, 3.8) is 0 Å². The Kier molecular flexibility index (Phi) is 3.47. The zero-order chi connectivity index (χ0) is 12.3. The molecule has 1 aliphatic heterocycles. The summed E-state index contributed by atoms with van der Waals surface area (Å²) >= 11 is 0. The number of nitrogens with zero attached hydrogens (tertiary/aromatic N) is 2. The highest BCUT2D eigenvalue weighted by Gasteiger charge is 2.35. The molecule has 1 fully saturated rings. The number of hydrogen-bond donors (Lipinski definition) is 1. The molecule has 0 unspecified atom stereocenters. The Morgan fingerprint density at radius 3 is 2.82 bits per heavy atom. The topological polar surface area (TPSA) is 58.4 Å². The van der Waals surface area contributed by atoms with Crippen LogP contribution in [0.25, 0.3) is 0 Å². The summed E-state index contributed by atoms with van der Waals surface area (Å²) in [5.74, 6) is 0.714. The summed E-state index contributed by atoms with van der Waals surface area (Å²) in [6, 6.07) is 1.75. The molecule has 0 atom stereocenters. The van der Waals surface area contributed by atoms with Crippen molar-refractivity contribution in [2.75, 3.05) is 13.1 Å². The molecule has 1 saturated heterocycles. The molecule has 0 aliphatic carbocycles. The minimum absolute atomic E-state index is 0.0378. The van der Waals surface area contributed by atoms with Crippen LogP contribution in [0.1, 0.15) is 32.4 Å². The van der Waals surface area contributed by atoms with Crippen LogP contribution in [0.2, 0.25) is 0 Å². The maximum absolute atomic E-state index is 12.1. The van der Waals surface area contributed by atoms with Crippen molar-refractivity contribution in [1.82, 2.24) is 15.4 Å². The highest BCUT2D eigenvalue weighted by Crippen LogP contribution is 2.21. The molecule has 0 bridgehead atoms. The lowest BCUT2D eigenvalue weighted by atomic mass is 10.0. The summed E-state index contributed by atoms with van der Waals surface area (Å²) < 4.78 is 4.94. The van der Waals surface area contributed by atoms with Gasteiger partial charge in [-0.05, 0) is 39.8 Å². The first kappa shape index (κ1) is 12.1. The Labute approximate surface area is 101 Å². The van der Waals surface area contributed by atoms with Crippen molar-refractivity contribution in [3.8, 4) is 0 Å². The first-order valence-corrected chi connectivity index (χ1v) is 6.03. The number of amides is 1. The molecule has 5 heteroatoms. The average molecular weight is 237 g/mol. The van der Waals surface area contributed by atoms with Gasteiger partial charge in [0.25, 0.3) is 0 Å². The number of aromatic nitrogens is 1. The molecule has 0 saturated carbocycles. The van der Waals surface area contributed by atoms with E-state index in [-0.39, 0.29) is 5.91 Å². The molecule has 1 N–H and O–H groups in total. The molecule has 1 amide bonds. The van der Waals surface area contributed by atoms with Gasteiger partial charge in [0.2, 0.25) is 5.91 Å². The van der Waals surface area contributed by atoms with Crippen LogP contribution in [-0.4, -0.2) is 34.6 Å². The van der Waals surface area contributed by atoms with Gasteiger partial charge in [0.1, 0.15) is 0 Å². The van der Waals surface area contributed by atoms with Gasteiger partial charge in [-0.15, -0.1) is 0 Å². The second kappa shape index (κ2) is 4.87. The average Bonchev–Trinajstić information content (AvgIpc) is 2.98. The van der Waals surface area contributed by atoms with E-state index in [2.05, 4.69) is 15.4 Å². The Morgan fingerprint density at radius 1 is 1.53 bits per heavy atom. The van der Waals surface area contributed by atoms with E-state index in [0.717, 1.165) is 13.1 Å². The van der Waals surface area contributed by atoms with E-state index in [4.69, 9.17) is 4.52 Å². The van der Waals surface area contributed by atoms with Crippen molar-refractivity contribution in [1.29, 1.82) is 0 Å². The summed E-state index contributed by atoms with van der Waals surface area (Å²) in [7, 11) is 0. The number of nitrogens with one attached hydrogen (secondary N) is 1. The molecule has 5 nitrogen and oxygen atoms in total. The molecular weight excluding hydrogens is 218 g/mol. The van der Waals surface area contributed by atoms with Crippen LogP contribution in [0.4, 0.5) is 0 Å². The van der Waals surface area contributed by atoms with Crippen LogP contribution in [0, 0.1) is 0 Å². The highest BCUT2D eigenvalue weighted by atomic mass is 16.5. The molecule has 0 radical (unpaired) electrons. The van der Waals surface area contributed by atoms with Gasteiger partial charge in [0.15, 0.2) is 5.76 Å². The van der Waals surface area contributed by atoms with Crippen LogP contribution >= 0.6 is 0 Å². The smallest absolute Gasteiger partial charge is 0.240 e. The second-order valence-corrected chi connectivity index (χ2v) is 4.91. The Hall–Kier alpha value is -1.36. The number of hydrogen-bond acceptors (Lipinski definition) is 4. The molecule has 0 aromatic carbocycles. The van der Waals surface area contributed by atoms with E-state index < -0.39 is 5.54 Å². The lowest BCUT2D eigenvalue weighted by Crippen LogP contribution is -2.53. The van der Waals surface area contributed by atoms with Crippen molar-refractivity contribution in [2.45, 2.75) is 38.8 Å². The summed E-state index contributed by atoms with van der Waals surface area (Å²) in [5, 5.41) is 6.49. The molecule has 94 valence electrons. The molecule has 1 aliphatic rings. The first-order valence-electron chi connectivity index (χ1n) is 6.03. The van der Waals surface area contributed by atoms with Crippen LogP contribution < -0.4 is 5.32 Å². The number of rotatable bonds is 4. The van der Waals surface area contributed by atoms with Gasteiger partial charge in [-0.1, -0.05) is 5.16 Å². The summed E-state index contributed by atoms with van der Waals surface area (Å²) in [6.07, 6.45) is 3.94. The molecule has 2 heterocycles. The van der Waals surface area contributed by atoms with Crippen molar-refractivity contribution < 1.29 is 9.32 Å². The van der Waals surface area contributed by atoms with Crippen LogP contribution in [0.5, 0.6) is 0 Å². The SMILES string of the molecule is CC(C)(C(=O)NCc1ccno1)N1CCCC1. The minimum atomic E-state index is -0.448. The molecule has 2 rings (SSSR count). The number of likely N-dealkylation sites (tertiary alicyclic amines) is 1. The van der Waals surface area contributed by atoms with Crippen molar-refractivity contribution >= 4 is 5.91 Å². The zero-order valence-electron chi connectivity index (χ0n) is 10.4. The fraction of sp³-hybridized carbons (Fsp3) is 0.667. The van der Waals surface area contributed by atoms with Crippen LogP contribution in [0.15, 0.2) is 16.8 Å². The lowest BCUT2D eigenvalue weighted by Gasteiger charge is -2.33. The van der Waals surface area contributed by atoms with E-state index in [1.54, 1.807) is 12.3 Å². The van der Waals surface area contributed by atoms with Crippen molar-refractivity contribution in [2.24, 2.45) is 0 Å². The third-order valence-corrected chi connectivity index (χ3v) is 3.37. The highest BCUT2D eigenvalue weighted by molar-refractivity contribution is 5.85. The van der Waals surface area contributed by atoms with Crippen molar-refractivity contribution in [3.05, 3.63) is 18.0 Å². The Bertz CT molecular complexity index is 367. The third kappa shape index (κ3) is 2.66. The van der Waals surface area contributed by atoms with E-state index in [1.165, 1.54) is 12.8 Å². The minimum Gasteiger partial charge on any atom is -0.360 e. The Morgan fingerprint density at radius 2 is 2.24 bits per heavy atom. The maximum atomic E-state index is 12.1. The number of carbonyl (C=O) groups excluding carboxylic acids is 1. The predicted octanol–water partition coefficient (Wildman–Crippen LogP) is 1.17. The predicted molar refractivity (Wildman–Crippen MR) is 63.2 cm³/mol. The van der Waals surface area contributed by atoms with Gasteiger partial charge in [0.05, 0.1) is 18.3 Å². The maximum Gasteiger partial charge on any atom is 0.240 e. The van der Waals surface area contributed by atoms with E-state index in [0.29, 0.717) is 12.3 Å². The van der Waals surface area contributed by atoms with E-state index >= 15 is 0 Å². The molecule has 17 heavy (non-hydrogen) atoms. The normalized spacial score (nSPS) is 17.3. The van der Waals surface area contributed by atoms with Gasteiger partial charge >= 0.3 is 0 Å². The van der Waals surface area contributed by atoms with Gasteiger partial charge in [-0.3, -0.25) is 9.69 Å². The summed E-state index contributed by atoms with van der Waals surface area (Å²) in [6.45, 7) is 6.34.